The fourth-order valence-electron chi connectivity index (χ4n) is 2.74. The second kappa shape index (κ2) is 11.1. The summed E-state index contributed by atoms with van der Waals surface area (Å²) in [6, 6.07) is 12.1. The van der Waals surface area contributed by atoms with Crippen LogP contribution in [0, 0.1) is 5.82 Å². The fraction of sp³-hybridized carbons (Fsp3) is 0.348. The van der Waals surface area contributed by atoms with Gasteiger partial charge in [0.15, 0.2) is 11.9 Å². The van der Waals surface area contributed by atoms with E-state index >= 15 is 0 Å². The van der Waals surface area contributed by atoms with E-state index in [1.165, 1.54) is 19.1 Å². The summed E-state index contributed by atoms with van der Waals surface area (Å²) in [5, 5.41) is 2.71. The zero-order valence-corrected chi connectivity index (χ0v) is 17.3. The van der Waals surface area contributed by atoms with Crippen molar-refractivity contribution in [3.8, 4) is 5.75 Å². The molecule has 7 heteroatoms. The van der Waals surface area contributed by atoms with Gasteiger partial charge in [0.1, 0.15) is 11.6 Å². The maximum atomic E-state index is 13.0. The Hall–Kier alpha value is -3.22. The van der Waals surface area contributed by atoms with Gasteiger partial charge < -0.3 is 14.8 Å². The Kier molecular flexibility index (Phi) is 8.53. The lowest BCUT2D eigenvalue weighted by Gasteiger charge is -2.18. The second-order valence-electron chi connectivity index (χ2n) is 6.79. The molecule has 0 heterocycles. The molecule has 1 amide bonds. The third kappa shape index (κ3) is 6.99. The van der Waals surface area contributed by atoms with Gasteiger partial charge in [-0.3, -0.25) is 14.4 Å². The van der Waals surface area contributed by atoms with Crippen molar-refractivity contribution < 1.29 is 28.2 Å². The number of ether oxygens (including phenoxy) is 2. The van der Waals surface area contributed by atoms with Crippen LogP contribution in [0.1, 0.15) is 55.6 Å². The average molecular weight is 415 g/mol. The third-order valence-electron chi connectivity index (χ3n) is 4.45. The van der Waals surface area contributed by atoms with E-state index in [2.05, 4.69) is 5.32 Å². The van der Waals surface area contributed by atoms with Gasteiger partial charge in [0.05, 0.1) is 19.1 Å². The van der Waals surface area contributed by atoms with Gasteiger partial charge >= 0.3 is 5.97 Å². The molecule has 0 saturated carbocycles. The summed E-state index contributed by atoms with van der Waals surface area (Å²) < 4.78 is 23.4. The fourth-order valence-corrected chi connectivity index (χ4v) is 2.74. The zero-order chi connectivity index (χ0) is 22.1. The van der Waals surface area contributed by atoms with E-state index in [0.29, 0.717) is 17.9 Å². The van der Waals surface area contributed by atoms with Crippen molar-refractivity contribution in [2.24, 2.45) is 0 Å². The molecule has 0 bridgehead atoms. The SMILES string of the molecule is CCOc1ccc(C(=O)CCC(=O)OC(C)C(=O)NC(C)c2ccc(F)cc2)cc1. The molecule has 6 nitrogen and oxygen atoms in total. The summed E-state index contributed by atoms with van der Waals surface area (Å²) in [7, 11) is 0. The van der Waals surface area contributed by atoms with Gasteiger partial charge in [-0.2, -0.15) is 0 Å². The quantitative estimate of drug-likeness (QED) is 0.469. The van der Waals surface area contributed by atoms with Crippen LogP contribution >= 0.6 is 0 Å². The van der Waals surface area contributed by atoms with Crippen LogP contribution in [0.25, 0.3) is 0 Å². The highest BCUT2D eigenvalue weighted by Gasteiger charge is 2.20. The molecule has 0 aliphatic carbocycles. The molecule has 30 heavy (non-hydrogen) atoms. The van der Waals surface area contributed by atoms with E-state index < -0.39 is 18.0 Å². The highest BCUT2D eigenvalue weighted by atomic mass is 19.1. The van der Waals surface area contributed by atoms with Crippen LogP contribution in [-0.2, 0) is 14.3 Å². The maximum Gasteiger partial charge on any atom is 0.307 e. The van der Waals surface area contributed by atoms with E-state index in [-0.39, 0.29) is 30.5 Å². The maximum absolute atomic E-state index is 13.0. The first-order valence-electron chi connectivity index (χ1n) is 9.81. The Balaban J connectivity index is 1.78. The molecular formula is C23H26FNO5. The Labute approximate surface area is 175 Å². The van der Waals surface area contributed by atoms with E-state index in [1.807, 2.05) is 6.92 Å². The highest BCUT2D eigenvalue weighted by Crippen LogP contribution is 2.15. The molecule has 2 rings (SSSR count). The first-order valence-corrected chi connectivity index (χ1v) is 9.81. The number of Topliss-reactive ketones (excluding diaryl/α,β-unsaturated/α-hetero) is 1. The van der Waals surface area contributed by atoms with Crippen molar-refractivity contribution >= 4 is 17.7 Å². The summed E-state index contributed by atoms with van der Waals surface area (Å²) in [4.78, 5) is 36.5. The molecule has 0 spiro atoms. The number of rotatable bonds is 10. The molecule has 2 unspecified atom stereocenters. The Morgan fingerprint density at radius 3 is 2.20 bits per heavy atom. The molecule has 0 radical (unpaired) electrons. The average Bonchev–Trinajstić information content (AvgIpc) is 2.73. The number of carbonyl (C=O) groups is 3. The van der Waals surface area contributed by atoms with Crippen molar-refractivity contribution in [2.45, 2.75) is 45.8 Å². The van der Waals surface area contributed by atoms with Gasteiger partial charge in [-0.05, 0) is 62.7 Å². The predicted molar refractivity (Wildman–Crippen MR) is 110 cm³/mol. The Bertz CT molecular complexity index is 864. The lowest BCUT2D eigenvalue weighted by atomic mass is 10.1. The first kappa shape index (κ1) is 23.1. The molecular weight excluding hydrogens is 389 g/mol. The number of nitrogens with one attached hydrogen (secondary N) is 1. The minimum Gasteiger partial charge on any atom is -0.494 e. The van der Waals surface area contributed by atoms with E-state index in [1.54, 1.807) is 43.3 Å². The van der Waals surface area contributed by atoms with Gasteiger partial charge in [0.2, 0.25) is 0 Å². The van der Waals surface area contributed by atoms with E-state index in [0.717, 1.165) is 5.56 Å². The summed E-state index contributed by atoms with van der Waals surface area (Å²) in [6.45, 7) is 5.61. The van der Waals surface area contributed by atoms with Gasteiger partial charge in [-0.15, -0.1) is 0 Å². The zero-order valence-electron chi connectivity index (χ0n) is 17.3. The minimum absolute atomic E-state index is 0.0207. The topological polar surface area (TPSA) is 81.7 Å². The largest absolute Gasteiger partial charge is 0.494 e. The second-order valence-corrected chi connectivity index (χ2v) is 6.79. The van der Waals surface area contributed by atoms with Crippen molar-refractivity contribution in [1.82, 2.24) is 5.32 Å². The number of ketones is 1. The van der Waals surface area contributed by atoms with Crippen LogP contribution in [0.2, 0.25) is 0 Å². The summed E-state index contributed by atoms with van der Waals surface area (Å²) in [5.74, 6) is -0.996. The molecule has 0 aliphatic heterocycles. The molecule has 0 aliphatic rings. The lowest BCUT2D eigenvalue weighted by molar-refractivity contribution is -0.155. The molecule has 1 N–H and O–H groups in total. The van der Waals surface area contributed by atoms with Crippen LogP contribution in [0.15, 0.2) is 48.5 Å². The predicted octanol–water partition coefficient (Wildman–Crippen LogP) is 4.00. The van der Waals surface area contributed by atoms with Crippen LogP contribution in [0.4, 0.5) is 4.39 Å². The number of hydrogen-bond acceptors (Lipinski definition) is 5. The molecule has 2 aromatic rings. The Morgan fingerprint density at radius 2 is 1.60 bits per heavy atom. The van der Waals surface area contributed by atoms with Crippen LogP contribution in [0.5, 0.6) is 5.75 Å². The number of carbonyl (C=O) groups excluding carboxylic acids is 3. The molecule has 0 saturated heterocycles. The van der Waals surface area contributed by atoms with Gasteiger partial charge in [-0.1, -0.05) is 12.1 Å². The molecule has 2 atom stereocenters. The number of halogens is 1. The van der Waals surface area contributed by atoms with Crippen LogP contribution in [-0.4, -0.2) is 30.4 Å². The van der Waals surface area contributed by atoms with Gasteiger partial charge in [-0.25, -0.2) is 4.39 Å². The Morgan fingerprint density at radius 1 is 0.967 bits per heavy atom. The summed E-state index contributed by atoms with van der Waals surface area (Å²) in [6.07, 6.45) is -1.16. The third-order valence-corrected chi connectivity index (χ3v) is 4.45. The molecule has 0 fully saturated rings. The lowest BCUT2D eigenvalue weighted by Crippen LogP contribution is -2.37. The van der Waals surface area contributed by atoms with Crippen molar-refractivity contribution in [2.75, 3.05) is 6.61 Å². The number of esters is 1. The minimum atomic E-state index is -1.01. The number of benzene rings is 2. The summed E-state index contributed by atoms with van der Waals surface area (Å²) >= 11 is 0. The first-order chi connectivity index (χ1) is 14.3. The smallest absolute Gasteiger partial charge is 0.307 e. The number of amides is 1. The number of hydrogen-bond donors (Lipinski definition) is 1. The van der Waals surface area contributed by atoms with Crippen LogP contribution in [0.3, 0.4) is 0 Å². The monoisotopic (exact) mass is 415 g/mol. The molecule has 160 valence electrons. The van der Waals surface area contributed by atoms with Gasteiger partial charge in [0.25, 0.3) is 5.91 Å². The van der Waals surface area contributed by atoms with Crippen LogP contribution < -0.4 is 10.1 Å². The van der Waals surface area contributed by atoms with E-state index in [9.17, 15) is 18.8 Å². The van der Waals surface area contributed by atoms with Crippen molar-refractivity contribution in [3.05, 3.63) is 65.5 Å². The van der Waals surface area contributed by atoms with Gasteiger partial charge in [0, 0.05) is 12.0 Å². The van der Waals surface area contributed by atoms with Crippen molar-refractivity contribution in [3.63, 3.8) is 0 Å². The highest BCUT2D eigenvalue weighted by molar-refractivity contribution is 5.97. The standard InChI is InChI=1S/C23H26FNO5/c1-4-29-20-11-7-18(8-12-20)21(26)13-14-22(27)30-16(3)23(28)25-15(2)17-5-9-19(24)10-6-17/h5-12,15-16H,4,13-14H2,1-3H3,(H,25,28). The normalized spacial score (nSPS) is 12.5. The molecule has 2 aromatic carbocycles. The van der Waals surface area contributed by atoms with E-state index in [4.69, 9.17) is 9.47 Å². The summed E-state index contributed by atoms with van der Waals surface area (Å²) in [5.41, 5.74) is 1.20. The molecule has 0 aromatic heterocycles. The van der Waals surface area contributed by atoms with Crippen molar-refractivity contribution in [1.29, 1.82) is 0 Å².